The molecule has 0 radical (unpaired) electrons. The third kappa shape index (κ3) is 6.75. The van der Waals surface area contributed by atoms with E-state index in [0.29, 0.717) is 31.7 Å². The molecule has 2 amide bonds. The number of ether oxygens (including phenoxy) is 3. The average Bonchev–Trinajstić information content (AvgIpc) is 2.92. The Bertz CT molecular complexity index is 1020. The fraction of sp³-hybridized carbons (Fsp3) is 0.500. The van der Waals surface area contributed by atoms with Crippen LogP contribution in [-0.2, 0) is 20.7 Å². The minimum absolute atomic E-state index is 0.000727. The molecular formula is C28H35FN2O5. The molecule has 0 saturated carbocycles. The standard InChI is InChI=1S/C28H35FN2O5/c1-34-25-8-4-3-7-22(25)9-14-26(32)31-17-18-36-28(20-31,19-27(33)30-15-5-2-6-16-30)21-35-24-12-10-23(29)11-13-24/h3-4,7-8,10-13H,2,5-6,9,14-21H2,1H3/t28-/m1/s1. The molecule has 2 aliphatic heterocycles. The summed E-state index contributed by atoms with van der Waals surface area (Å²) in [6, 6.07) is 13.4. The number of nitrogens with zero attached hydrogens (tertiary/aromatic N) is 2. The van der Waals surface area contributed by atoms with E-state index in [4.69, 9.17) is 14.2 Å². The summed E-state index contributed by atoms with van der Waals surface area (Å²) in [6.45, 7) is 2.62. The van der Waals surface area contributed by atoms with Crippen molar-refractivity contribution in [1.82, 2.24) is 9.80 Å². The Morgan fingerprint density at radius 3 is 2.47 bits per heavy atom. The van der Waals surface area contributed by atoms with Gasteiger partial charge in [-0.1, -0.05) is 18.2 Å². The lowest BCUT2D eigenvalue weighted by molar-refractivity contribution is -0.166. The number of para-hydroxylation sites is 1. The predicted molar refractivity (Wildman–Crippen MR) is 134 cm³/mol. The summed E-state index contributed by atoms with van der Waals surface area (Å²) in [4.78, 5) is 30.1. The van der Waals surface area contributed by atoms with Gasteiger partial charge in [0.2, 0.25) is 11.8 Å². The van der Waals surface area contributed by atoms with Gasteiger partial charge < -0.3 is 24.0 Å². The molecule has 0 unspecified atom stereocenters. The Labute approximate surface area is 212 Å². The molecule has 8 heteroatoms. The zero-order valence-electron chi connectivity index (χ0n) is 20.9. The number of piperidine rings is 1. The largest absolute Gasteiger partial charge is 0.496 e. The maximum atomic E-state index is 13.3. The summed E-state index contributed by atoms with van der Waals surface area (Å²) in [5.41, 5.74) is 0.00847. The van der Waals surface area contributed by atoms with Crippen LogP contribution in [0.3, 0.4) is 0 Å². The van der Waals surface area contributed by atoms with Crippen LogP contribution in [0.1, 0.15) is 37.7 Å². The first-order chi connectivity index (χ1) is 17.5. The maximum absolute atomic E-state index is 13.3. The number of carbonyl (C=O) groups is 2. The van der Waals surface area contributed by atoms with Crippen LogP contribution in [0.4, 0.5) is 4.39 Å². The Hall–Kier alpha value is -3.13. The fourth-order valence-corrected chi connectivity index (χ4v) is 4.89. The predicted octanol–water partition coefficient (Wildman–Crippen LogP) is 3.85. The van der Waals surface area contributed by atoms with Crippen molar-refractivity contribution in [2.75, 3.05) is 46.5 Å². The van der Waals surface area contributed by atoms with E-state index >= 15 is 0 Å². The van der Waals surface area contributed by atoms with Gasteiger partial charge in [-0.25, -0.2) is 4.39 Å². The first-order valence-corrected chi connectivity index (χ1v) is 12.7. The van der Waals surface area contributed by atoms with Crippen molar-refractivity contribution in [3.8, 4) is 11.5 Å². The van der Waals surface area contributed by atoms with Crippen LogP contribution in [-0.4, -0.2) is 73.7 Å². The van der Waals surface area contributed by atoms with Gasteiger partial charge in [-0.15, -0.1) is 0 Å². The Morgan fingerprint density at radius 2 is 1.72 bits per heavy atom. The summed E-state index contributed by atoms with van der Waals surface area (Å²) in [7, 11) is 1.62. The van der Waals surface area contributed by atoms with E-state index in [0.717, 1.165) is 43.7 Å². The molecule has 0 bridgehead atoms. The number of morpholine rings is 1. The smallest absolute Gasteiger partial charge is 0.225 e. The molecule has 0 aromatic heterocycles. The first-order valence-electron chi connectivity index (χ1n) is 12.7. The Morgan fingerprint density at radius 1 is 0.972 bits per heavy atom. The third-order valence-corrected chi connectivity index (χ3v) is 6.90. The summed E-state index contributed by atoms with van der Waals surface area (Å²) in [5.74, 6) is 0.922. The molecular weight excluding hydrogens is 463 g/mol. The number of carbonyl (C=O) groups excluding carboxylic acids is 2. The Kier molecular flexibility index (Phi) is 8.80. The number of aryl methyl sites for hydroxylation is 1. The number of methoxy groups -OCH3 is 1. The van der Waals surface area contributed by atoms with Crippen molar-refractivity contribution in [2.24, 2.45) is 0 Å². The number of halogens is 1. The van der Waals surface area contributed by atoms with Gasteiger partial charge in [-0.2, -0.15) is 0 Å². The van der Waals surface area contributed by atoms with Gasteiger partial charge in [-0.3, -0.25) is 9.59 Å². The van der Waals surface area contributed by atoms with E-state index in [1.54, 1.807) is 24.1 Å². The topological polar surface area (TPSA) is 68.3 Å². The average molecular weight is 499 g/mol. The van der Waals surface area contributed by atoms with Crippen molar-refractivity contribution in [2.45, 2.75) is 44.1 Å². The van der Waals surface area contributed by atoms with Crippen LogP contribution in [0.15, 0.2) is 48.5 Å². The molecule has 2 aliphatic rings. The van der Waals surface area contributed by atoms with E-state index in [9.17, 15) is 14.0 Å². The van der Waals surface area contributed by atoms with Gasteiger partial charge in [0, 0.05) is 26.1 Å². The Balaban J connectivity index is 1.45. The molecule has 1 atom stereocenters. The molecule has 2 heterocycles. The highest BCUT2D eigenvalue weighted by atomic mass is 19.1. The third-order valence-electron chi connectivity index (χ3n) is 6.90. The molecule has 194 valence electrons. The van der Waals surface area contributed by atoms with E-state index < -0.39 is 5.60 Å². The minimum atomic E-state index is -0.971. The van der Waals surface area contributed by atoms with Crippen molar-refractivity contribution in [3.05, 3.63) is 59.9 Å². The maximum Gasteiger partial charge on any atom is 0.225 e. The number of benzene rings is 2. The van der Waals surface area contributed by atoms with Crippen LogP contribution >= 0.6 is 0 Å². The van der Waals surface area contributed by atoms with Gasteiger partial charge in [0.15, 0.2) is 0 Å². The van der Waals surface area contributed by atoms with Crippen molar-refractivity contribution in [1.29, 1.82) is 0 Å². The highest BCUT2D eigenvalue weighted by molar-refractivity contribution is 5.79. The number of amides is 2. The van der Waals surface area contributed by atoms with Crippen LogP contribution in [0.5, 0.6) is 11.5 Å². The lowest BCUT2D eigenvalue weighted by atomic mass is 9.95. The van der Waals surface area contributed by atoms with E-state index in [1.165, 1.54) is 12.1 Å². The number of hydrogen-bond donors (Lipinski definition) is 0. The molecule has 4 rings (SSSR count). The summed E-state index contributed by atoms with van der Waals surface area (Å²) >= 11 is 0. The van der Waals surface area contributed by atoms with Gasteiger partial charge >= 0.3 is 0 Å². The zero-order chi connectivity index (χ0) is 25.4. The van der Waals surface area contributed by atoms with E-state index in [2.05, 4.69) is 0 Å². The van der Waals surface area contributed by atoms with E-state index in [1.807, 2.05) is 29.2 Å². The summed E-state index contributed by atoms with van der Waals surface area (Å²) < 4.78 is 30.9. The van der Waals surface area contributed by atoms with Crippen LogP contribution in [0.2, 0.25) is 0 Å². The molecule has 2 aromatic carbocycles. The first kappa shape index (κ1) is 25.9. The van der Waals surface area contributed by atoms with Crippen LogP contribution in [0, 0.1) is 5.82 Å². The van der Waals surface area contributed by atoms with Crippen molar-refractivity contribution >= 4 is 11.8 Å². The van der Waals surface area contributed by atoms with Gasteiger partial charge in [0.25, 0.3) is 0 Å². The zero-order valence-corrected chi connectivity index (χ0v) is 20.9. The van der Waals surface area contributed by atoms with Crippen molar-refractivity contribution < 1.29 is 28.2 Å². The second kappa shape index (κ2) is 12.2. The highest BCUT2D eigenvalue weighted by Gasteiger charge is 2.42. The molecule has 36 heavy (non-hydrogen) atoms. The second-order valence-electron chi connectivity index (χ2n) is 9.52. The number of likely N-dealkylation sites (tertiary alicyclic amines) is 1. The van der Waals surface area contributed by atoms with Gasteiger partial charge in [0.05, 0.1) is 26.7 Å². The molecule has 2 saturated heterocycles. The number of hydrogen-bond acceptors (Lipinski definition) is 5. The van der Waals surface area contributed by atoms with Crippen LogP contribution in [0.25, 0.3) is 0 Å². The molecule has 2 fully saturated rings. The quantitative estimate of drug-likeness (QED) is 0.526. The van der Waals surface area contributed by atoms with Crippen molar-refractivity contribution in [3.63, 3.8) is 0 Å². The minimum Gasteiger partial charge on any atom is -0.496 e. The molecule has 0 aliphatic carbocycles. The SMILES string of the molecule is COc1ccccc1CCC(=O)N1CCO[C@](COc2ccc(F)cc2)(CC(=O)N2CCCCC2)C1. The highest BCUT2D eigenvalue weighted by Crippen LogP contribution is 2.27. The summed E-state index contributed by atoms with van der Waals surface area (Å²) in [5, 5.41) is 0. The normalized spacial score (nSPS) is 20.2. The van der Waals surface area contributed by atoms with Gasteiger partial charge in [-0.05, 0) is 61.6 Å². The molecule has 0 spiro atoms. The van der Waals surface area contributed by atoms with E-state index in [-0.39, 0.29) is 37.2 Å². The summed E-state index contributed by atoms with van der Waals surface area (Å²) in [6.07, 6.45) is 4.15. The monoisotopic (exact) mass is 498 g/mol. The van der Waals surface area contributed by atoms with Gasteiger partial charge in [0.1, 0.15) is 29.5 Å². The van der Waals surface area contributed by atoms with Crippen LogP contribution < -0.4 is 9.47 Å². The molecule has 0 N–H and O–H groups in total. The number of rotatable bonds is 9. The lowest BCUT2D eigenvalue weighted by Crippen LogP contribution is -2.58. The second-order valence-corrected chi connectivity index (χ2v) is 9.52. The lowest BCUT2D eigenvalue weighted by Gasteiger charge is -2.43. The fourth-order valence-electron chi connectivity index (χ4n) is 4.89. The molecule has 2 aromatic rings. The molecule has 7 nitrogen and oxygen atoms in total.